The van der Waals surface area contributed by atoms with Crippen LogP contribution in [0, 0.1) is 10.7 Å². The number of allylic oxidation sites excluding steroid dienone is 1. The van der Waals surface area contributed by atoms with Crippen LogP contribution in [0.1, 0.15) is 18.2 Å². The summed E-state index contributed by atoms with van der Waals surface area (Å²) in [7, 11) is 0. The fourth-order valence-electron chi connectivity index (χ4n) is 1.87. The first-order valence-electron chi connectivity index (χ1n) is 6.36. The zero-order valence-electron chi connectivity index (χ0n) is 11.3. The molecule has 0 atom stereocenters. The fraction of sp³-hybridized carbons (Fsp3) is 0.250. The van der Waals surface area contributed by atoms with Crippen LogP contribution in [0.15, 0.2) is 53.0 Å². The van der Waals surface area contributed by atoms with Gasteiger partial charge in [-0.3, -0.25) is 0 Å². The molecule has 0 saturated heterocycles. The second-order valence-corrected chi connectivity index (χ2v) is 5.55. The average Bonchev–Trinajstić information content (AvgIpc) is 2.81. The monoisotopic (exact) mass is 367 g/mol. The Morgan fingerprint density at radius 1 is 1.16 bits per heavy atom. The summed E-state index contributed by atoms with van der Waals surface area (Å²) < 4.78 is 6.59. The maximum Gasteiger partial charge on any atom is 0.164 e. The Balaban J connectivity index is 2.17. The predicted molar refractivity (Wildman–Crippen MR) is 88.5 cm³/mol. The van der Waals surface area contributed by atoms with Gasteiger partial charge in [0.1, 0.15) is 5.76 Å². The third-order valence-corrected chi connectivity index (χ3v) is 3.52. The van der Waals surface area contributed by atoms with Crippen molar-refractivity contribution >= 4 is 28.3 Å². The zero-order chi connectivity index (χ0) is 13.7. The molecule has 2 nitrogen and oxygen atoms in total. The first kappa shape index (κ1) is 14.2. The van der Waals surface area contributed by atoms with Crippen molar-refractivity contribution < 1.29 is 4.42 Å². The van der Waals surface area contributed by atoms with Crippen molar-refractivity contribution in [3.05, 3.63) is 63.6 Å². The molecule has 2 aromatic rings. The molecule has 0 aliphatic carbocycles. The smallest absolute Gasteiger partial charge is 0.164 e. The largest absolute Gasteiger partial charge is 0.453 e. The number of rotatable bonds is 5. The molecule has 19 heavy (non-hydrogen) atoms. The SMILES string of the molecule is C/C=C/CN(Cc1ccc(I)o1)c1ccc(C)cc1. The van der Waals surface area contributed by atoms with Crippen molar-refractivity contribution in [1.29, 1.82) is 0 Å². The lowest BCUT2D eigenvalue weighted by Crippen LogP contribution is -2.22. The van der Waals surface area contributed by atoms with E-state index in [0.29, 0.717) is 0 Å². The molecule has 0 N–H and O–H groups in total. The van der Waals surface area contributed by atoms with E-state index in [-0.39, 0.29) is 0 Å². The molecule has 0 amide bonds. The van der Waals surface area contributed by atoms with Crippen LogP contribution in [0.5, 0.6) is 0 Å². The molecule has 0 radical (unpaired) electrons. The van der Waals surface area contributed by atoms with Crippen molar-refractivity contribution in [1.82, 2.24) is 0 Å². The predicted octanol–water partition coefficient (Wildman–Crippen LogP) is 4.78. The molecule has 0 saturated carbocycles. The second kappa shape index (κ2) is 6.80. The minimum atomic E-state index is 0.788. The summed E-state index contributed by atoms with van der Waals surface area (Å²) in [5.74, 6) is 0.995. The first-order chi connectivity index (χ1) is 9.19. The summed E-state index contributed by atoms with van der Waals surface area (Å²) in [6.07, 6.45) is 4.24. The summed E-state index contributed by atoms with van der Waals surface area (Å²) in [4.78, 5) is 2.30. The number of aryl methyl sites for hydroxylation is 1. The molecule has 0 aliphatic heterocycles. The maximum absolute atomic E-state index is 5.66. The van der Waals surface area contributed by atoms with E-state index in [1.807, 2.05) is 19.1 Å². The summed E-state index contributed by atoms with van der Waals surface area (Å²) in [6.45, 7) is 5.82. The lowest BCUT2D eigenvalue weighted by Gasteiger charge is -2.22. The van der Waals surface area contributed by atoms with Crippen molar-refractivity contribution in [2.75, 3.05) is 11.4 Å². The van der Waals surface area contributed by atoms with Gasteiger partial charge in [-0.25, -0.2) is 0 Å². The first-order valence-corrected chi connectivity index (χ1v) is 7.44. The summed E-state index contributed by atoms with van der Waals surface area (Å²) >= 11 is 2.20. The summed E-state index contributed by atoms with van der Waals surface area (Å²) in [6, 6.07) is 12.6. The molecule has 1 aromatic carbocycles. The third kappa shape index (κ3) is 4.13. The van der Waals surface area contributed by atoms with E-state index in [2.05, 4.69) is 70.8 Å². The van der Waals surface area contributed by atoms with E-state index >= 15 is 0 Å². The summed E-state index contributed by atoms with van der Waals surface area (Å²) in [5.41, 5.74) is 2.50. The highest BCUT2D eigenvalue weighted by Crippen LogP contribution is 2.19. The second-order valence-electron chi connectivity index (χ2n) is 4.49. The molecule has 1 heterocycles. The molecule has 3 heteroatoms. The number of hydrogen-bond donors (Lipinski definition) is 0. The van der Waals surface area contributed by atoms with E-state index in [9.17, 15) is 0 Å². The fourth-order valence-corrected chi connectivity index (χ4v) is 2.34. The number of nitrogens with zero attached hydrogens (tertiary/aromatic N) is 1. The molecule has 0 aliphatic rings. The highest BCUT2D eigenvalue weighted by Gasteiger charge is 2.08. The number of benzene rings is 1. The molecule has 100 valence electrons. The van der Waals surface area contributed by atoms with E-state index in [4.69, 9.17) is 4.42 Å². The van der Waals surface area contributed by atoms with Gasteiger partial charge in [-0.1, -0.05) is 29.8 Å². The minimum Gasteiger partial charge on any atom is -0.453 e. The molecule has 2 rings (SSSR count). The van der Waals surface area contributed by atoms with Crippen LogP contribution in [0.25, 0.3) is 0 Å². The van der Waals surface area contributed by atoms with Gasteiger partial charge >= 0.3 is 0 Å². The van der Waals surface area contributed by atoms with Gasteiger partial charge in [-0.05, 0) is 60.7 Å². The minimum absolute atomic E-state index is 0.788. The lowest BCUT2D eigenvalue weighted by atomic mass is 10.2. The van der Waals surface area contributed by atoms with Gasteiger partial charge in [-0.2, -0.15) is 0 Å². The Kier molecular flexibility index (Phi) is 5.07. The molecular weight excluding hydrogens is 349 g/mol. The number of anilines is 1. The topological polar surface area (TPSA) is 16.4 Å². The average molecular weight is 367 g/mol. The third-order valence-electron chi connectivity index (χ3n) is 2.94. The Labute approximate surface area is 128 Å². The Hall–Kier alpha value is -1.23. The number of halogens is 1. The van der Waals surface area contributed by atoms with Gasteiger partial charge in [-0.15, -0.1) is 0 Å². The zero-order valence-corrected chi connectivity index (χ0v) is 13.4. The molecule has 0 fully saturated rings. The van der Waals surface area contributed by atoms with Crippen LogP contribution in [0.4, 0.5) is 5.69 Å². The highest BCUT2D eigenvalue weighted by atomic mass is 127. The van der Waals surface area contributed by atoms with Gasteiger partial charge in [0, 0.05) is 12.2 Å². The van der Waals surface area contributed by atoms with Crippen molar-refractivity contribution in [2.24, 2.45) is 0 Å². The Morgan fingerprint density at radius 2 is 1.89 bits per heavy atom. The van der Waals surface area contributed by atoms with Crippen LogP contribution in [-0.2, 0) is 6.54 Å². The van der Waals surface area contributed by atoms with Gasteiger partial charge in [0.25, 0.3) is 0 Å². The van der Waals surface area contributed by atoms with Crippen molar-refractivity contribution in [3.63, 3.8) is 0 Å². The standard InChI is InChI=1S/C16H18INO/c1-3-4-11-18(12-15-9-10-16(17)19-15)14-7-5-13(2)6-8-14/h3-10H,11-12H2,1-2H3/b4-3+. The van der Waals surface area contributed by atoms with Gasteiger partial charge in [0.05, 0.1) is 6.54 Å². The molecule has 0 spiro atoms. The lowest BCUT2D eigenvalue weighted by molar-refractivity contribution is 0.482. The van der Waals surface area contributed by atoms with Gasteiger partial charge < -0.3 is 9.32 Å². The molecule has 1 aromatic heterocycles. The molecule has 0 bridgehead atoms. The normalized spacial score (nSPS) is 11.1. The van der Waals surface area contributed by atoms with Crippen LogP contribution >= 0.6 is 22.6 Å². The van der Waals surface area contributed by atoms with E-state index in [1.165, 1.54) is 11.3 Å². The van der Waals surface area contributed by atoms with Gasteiger partial charge in [0.2, 0.25) is 0 Å². The number of hydrogen-bond acceptors (Lipinski definition) is 2. The Bertz CT molecular complexity index is 542. The maximum atomic E-state index is 5.66. The summed E-state index contributed by atoms with van der Waals surface area (Å²) in [5, 5.41) is 0. The van der Waals surface area contributed by atoms with Crippen molar-refractivity contribution in [2.45, 2.75) is 20.4 Å². The van der Waals surface area contributed by atoms with Gasteiger partial charge in [0.15, 0.2) is 3.77 Å². The van der Waals surface area contributed by atoms with E-state index in [0.717, 1.165) is 22.6 Å². The van der Waals surface area contributed by atoms with Crippen molar-refractivity contribution in [3.8, 4) is 0 Å². The van der Waals surface area contributed by atoms with Crippen LogP contribution in [-0.4, -0.2) is 6.54 Å². The number of furan rings is 1. The Morgan fingerprint density at radius 3 is 2.47 bits per heavy atom. The molecule has 0 unspecified atom stereocenters. The van der Waals surface area contributed by atoms with Crippen LogP contribution in [0.2, 0.25) is 0 Å². The quantitative estimate of drug-likeness (QED) is 0.559. The highest BCUT2D eigenvalue weighted by molar-refractivity contribution is 14.1. The molecular formula is C16H18INO. The van der Waals surface area contributed by atoms with Crippen LogP contribution in [0.3, 0.4) is 0 Å². The van der Waals surface area contributed by atoms with E-state index in [1.54, 1.807) is 0 Å². The van der Waals surface area contributed by atoms with E-state index < -0.39 is 0 Å². The van der Waals surface area contributed by atoms with Crippen LogP contribution < -0.4 is 4.90 Å².